The number of rotatable bonds is 6. The number of sulfonamides is 1. The highest BCUT2D eigenvalue weighted by Crippen LogP contribution is 2.22. The molecule has 1 aliphatic heterocycles. The van der Waals surface area contributed by atoms with E-state index in [2.05, 4.69) is 9.62 Å². The summed E-state index contributed by atoms with van der Waals surface area (Å²) in [6, 6.07) is 9.66. The van der Waals surface area contributed by atoms with Crippen LogP contribution in [0.1, 0.15) is 36.7 Å². The minimum atomic E-state index is -3.38. The third-order valence-corrected chi connectivity index (χ3v) is 6.65. The van der Waals surface area contributed by atoms with Crippen molar-refractivity contribution >= 4 is 21.6 Å². The zero-order chi connectivity index (χ0) is 22.8. The van der Waals surface area contributed by atoms with Gasteiger partial charge in [0.1, 0.15) is 11.6 Å². The van der Waals surface area contributed by atoms with Crippen LogP contribution in [0.25, 0.3) is 0 Å². The van der Waals surface area contributed by atoms with Gasteiger partial charge in [-0.2, -0.15) is 0 Å². The summed E-state index contributed by atoms with van der Waals surface area (Å²) in [5.74, 6) is -1.37. The van der Waals surface area contributed by atoms with E-state index < -0.39 is 21.7 Å². The first kappa shape index (κ1) is 23.1. The second kappa shape index (κ2) is 9.32. The van der Waals surface area contributed by atoms with Crippen molar-refractivity contribution in [3.05, 3.63) is 65.2 Å². The molecule has 0 spiro atoms. The zero-order valence-corrected chi connectivity index (χ0v) is 18.6. The van der Waals surface area contributed by atoms with E-state index in [-0.39, 0.29) is 23.7 Å². The quantitative estimate of drug-likeness (QED) is 0.730. The molecule has 9 heteroatoms. The molecule has 2 aromatic carbocycles. The van der Waals surface area contributed by atoms with E-state index in [9.17, 15) is 22.0 Å². The number of nitrogens with zero attached hydrogens (tertiary/aromatic N) is 2. The molecule has 2 atom stereocenters. The molecule has 0 saturated carbocycles. The summed E-state index contributed by atoms with van der Waals surface area (Å²) >= 11 is 0. The Hall–Kier alpha value is -2.52. The number of benzene rings is 2. The van der Waals surface area contributed by atoms with Crippen molar-refractivity contribution in [3.8, 4) is 0 Å². The molecule has 2 aromatic rings. The summed E-state index contributed by atoms with van der Waals surface area (Å²) in [6.07, 6.45) is 0. The Labute approximate surface area is 181 Å². The first-order chi connectivity index (χ1) is 14.6. The maximum absolute atomic E-state index is 13.5. The normalized spacial score (nSPS) is 20.0. The first-order valence-electron chi connectivity index (χ1n) is 10.2. The molecule has 2 unspecified atom stereocenters. The fourth-order valence-corrected chi connectivity index (χ4v) is 4.64. The van der Waals surface area contributed by atoms with Crippen molar-refractivity contribution in [2.24, 2.45) is 0 Å². The average Bonchev–Trinajstić information content (AvgIpc) is 2.67. The molecule has 0 aromatic heterocycles. The van der Waals surface area contributed by atoms with Gasteiger partial charge in [-0.15, -0.1) is 0 Å². The van der Waals surface area contributed by atoms with Crippen molar-refractivity contribution in [1.29, 1.82) is 0 Å². The van der Waals surface area contributed by atoms with Crippen LogP contribution in [-0.4, -0.2) is 55.1 Å². The number of amides is 1. The van der Waals surface area contributed by atoms with Crippen molar-refractivity contribution in [1.82, 2.24) is 9.80 Å². The monoisotopic (exact) mass is 451 g/mol. The van der Waals surface area contributed by atoms with Crippen molar-refractivity contribution in [2.75, 3.05) is 23.6 Å². The van der Waals surface area contributed by atoms with Gasteiger partial charge in [0.05, 0.1) is 5.75 Å². The average molecular weight is 452 g/mol. The fourth-order valence-electron chi connectivity index (χ4n) is 4.00. The molecule has 1 heterocycles. The SMILES string of the molecule is CCS(=O)(=O)Nc1ccc(C(=O)N2C(C)CN(Cc3cc(F)cc(F)c3)CC2C)cc1. The van der Waals surface area contributed by atoms with E-state index in [0.717, 1.165) is 6.07 Å². The van der Waals surface area contributed by atoms with Gasteiger partial charge in [-0.05, 0) is 62.7 Å². The van der Waals surface area contributed by atoms with Crippen LogP contribution < -0.4 is 4.72 Å². The number of hydrogen-bond acceptors (Lipinski definition) is 4. The van der Waals surface area contributed by atoms with Crippen LogP contribution in [0, 0.1) is 11.6 Å². The summed E-state index contributed by atoms with van der Waals surface area (Å²) < 4.78 is 52.8. The van der Waals surface area contributed by atoms with Crippen LogP contribution in [0.3, 0.4) is 0 Å². The number of anilines is 1. The Morgan fingerprint density at radius 2 is 1.58 bits per heavy atom. The van der Waals surface area contributed by atoms with Gasteiger partial charge in [0.15, 0.2) is 0 Å². The number of hydrogen-bond donors (Lipinski definition) is 1. The van der Waals surface area contributed by atoms with Crippen LogP contribution in [0.4, 0.5) is 14.5 Å². The maximum atomic E-state index is 13.5. The number of piperazine rings is 1. The first-order valence-corrected chi connectivity index (χ1v) is 11.8. The predicted molar refractivity (Wildman–Crippen MR) is 116 cm³/mol. The number of carbonyl (C=O) groups is 1. The molecule has 0 radical (unpaired) electrons. The van der Waals surface area contributed by atoms with Crippen molar-refractivity contribution in [3.63, 3.8) is 0 Å². The Kier molecular flexibility index (Phi) is 6.96. The Morgan fingerprint density at radius 1 is 1.03 bits per heavy atom. The highest BCUT2D eigenvalue weighted by molar-refractivity contribution is 7.92. The van der Waals surface area contributed by atoms with Crippen LogP contribution >= 0.6 is 0 Å². The Morgan fingerprint density at radius 3 is 2.10 bits per heavy atom. The molecule has 1 saturated heterocycles. The van der Waals surface area contributed by atoms with Crippen LogP contribution in [0.5, 0.6) is 0 Å². The van der Waals surface area contributed by atoms with Gasteiger partial charge < -0.3 is 4.90 Å². The zero-order valence-electron chi connectivity index (χ0n) is 17.8. The van der Waals surface area contributed by atoms with Crippen molar-refractivity contribution < 1.29 is 22.0 Å². The molecule has 1 amide bonds. The minimum Gasteiger partial charge on any atom is -0.331 e. The number of nitrogens with one attached hydrogen (secondary N) is 1. The highest BCUT2D eigenvalue weighted by atomic mass is 32.2. The lowest BCUT2D eigenvalue weighted by molar-refractivity contribution is 0.0268. The maximum Gasteiger partial charge on any atom is 0.254 e. The highest BCUT2D eigenvalue weighted by Gasteiger charge is 2.33. The van der Waals surface area contributed by atoms with Gasteiger partial charge in [0, 0.05) is 49.0 Å². The summed E-state index contributed by atoms with van der Waals surface area (Å²) in [6.45, 7) is 6.98. The smallest absolute Gasteiger partial charge is 0.254 e. The van der Waals surface area contributed by atoms with Gasteiger partial charge in [-0.1, -0.05) is 0 Å². The lowest BCUT2D eigenvalue weighted by atomic mass is 10.0. The fraction of sp³-hybridized carbons (Fsp3) is 0.409. The molecule has 1 N–H and O–H groups in total. The van der Waals surface area contributed by atoms with Crippen LogP contribution in [-0.2, 0) is 16.6 Å². The van der Waals surface area contributed by atoms with E-state index in [1.54, 1.807) is 36.1 Å². The molecular weight excluding hydrogens is 424 g/mol. The van der Waals surface area contributed by atoms with Crippen molar-refractivity contribution in [2.45, 2.75) is 39.4 Å². The topological polar surface area (TPSA) is 69.7 Å². The molecule has 0 aliphatic carbocycles. The van der Waals surface area contributed by atoms with Gasteiger partial charge >= 0.3 is 0 Å². The van der Waals surface area contributed by atoms with E-state index in [4.69, 9.17) is 0 Å². The van der Waals surface area contributed by atoms with E-state index >= 15 is 0 Å². The number of halogens is 2. The second-order valence-electron chi connectivity index (χ2n) is 7.97. The summed E-state index contributed by atoms with van der Waals surface area (Å²) in [5.41, 5.74) is 1.44. The van der Waals surface area contributed by atoms with Gasteiger partial charge in [-0.3, -0.25) is 14.4 Å². The third-order valence-electron chi connectivity index (χ3n) is 5.34. The number of carbonyl (C=O) groups excluding carboxylic acids is 1. The Bertz CT molecular complexity index is 1010. The van der Waals surface area contributed by atoms with E-state index in [0.29, 0.717) is 36.4 Å². The lowest BCUT2D eigenvalue weighted by Gasteiger charge is -2.44. The van der Waals surface area contributed by atoms with E-state index in [1.807, 2.05) is 13.8 Å². The van der Waals surface area contributed by atoms with Gasteiger partial charge in [0.25, 0.3) is 5.91 Å². The third kappa shape index (κ3) is 5.80. The summed E-state index contributed by atoms with van der Waals surface area (Å²) in [4.78, 5) is 17.0. The molecular formula is C22H27F2N3O3S. The summed E-state index contributed by atoms with van der Waals surface area (Å²) in [7, 11) is -3.38. The van der Waals surface area contributed by atoms with Crippen LogP contribution in [0.15, 0.2) is 42.5 Å². The molecule has 0 bridgehead atoms. The molecule has 1 fully saturated rings. The van der Waals surface area contributed by atoms with Crippen LogP contribution in [0.2, 0.25) is 0 Å². The minimum absolute atomic E-state index is 0.0325. The van der Waals surface area contributed by atoms with E-state index in [1.165, 1.54) is 12.1 Å². The lowest BCUT2D eigenvalue weighted by Crippen LogP contribution is -2.58. The largest absolute Gasteiger partial charge is 0.331 e. The van der Waals surface area contributed by atoms with Gasteiger partial charge in [-0.25, -0.2) is 17.2 Å². The predicted octanol–water partition coefficient (Wildman–Crippen LogP) is 3.46. The molecule has 1 aliphatic rings. The molecule has 31 heavy (non-hydrogen) atoms. The molecule has 6 nitrogen and oxygen atoms in total. The molecule has 3 rings (SSSR count). The standard InChI is InChI=1S/C22H27F2N3O3S/c1-4-31(29,30)25-21-7-5-18(6-8-21)22(28)27-15(2)12-26(13-16(27)3)14-17-9-19(23)11-20(24)10-17/h5-11,15-16,25H,4,12-14H2,1-3H3. The molecule has 168 valence electrons. The summed E-state index contributed by atoms with van der Waals surface area (Å²) in [5, 5.41) is 0. The Balaban J connectivity index is 1.67. The second-order valence-corrected chi connectivity index (χ2v) is 9.98. The van der Waals surface area contributed by atoms with Gasteiger partial charge in [0.2, 0.25) is 10.0 Å².